The lowest BCUT2D eigenvalue weighted by molar-refractivity contribution is -0.757. The van der Waals surface area contributed by atoms with Crippen molar-refractivity contribution in [3.05, 3.63) is 66.2 Å². The van der Waals surface area contributed by atoms with Crippen molar-refractivity contribution in [2.45, 2.75) is 38.5 Å². The number of fused-ring (bicyclic) bond motifs is 1. The van der Waals surface area contributed by atoms with Crippen molar-refractivity contribution in [1.29, 1.82) is 0 Å². The van der Waals surface area contributed by atoms with Gasteiger partial charge in [-0.15, -0.1) is 0 Å². The van der Waals surface area contributed by atoms with E-state index in [1.54, 1.807) is 14.2 Å². The number of benzene rings is 2. The van der Waals surface area contributed by atoms with Crippen molar-refractivity contribution in [1.82, 2.24) is 9.78 Å². The summed E-state index contributed by atoms with van der Waals surface area (Å²) in [5, 5.41) is 4.79. The number of nitrogens with zero attached hydrogens (tertiary/aromatic N) is 3. The van der Waals surface area contributed by atoms with Crippen molar-refractivity contribution < 1.29 is 18.8 Å². The van der Waals surface area contributed by atoms with E-state index in [9.17, 15) is 0 Å². The fourth-order valence-electron chi connectivity index (χ4n) is 3.78. The molecule has 0 amide bonds. The average molecular weight is 380 g/mol. The first-order valence-electron chi connectivity index (χ1n) is 9.42. The van der Waals surface area contributed by atoms with E-state index in [0.717, 1.165) is 17.9 Å². The summed E-state index contributed by atoms with van der Waals surface area (Å²) in [6.45, 7) is 4.73. The van der Waals surface area contributed by atoms with Crippen LogP contribution in [0.15, 0.2) is 54.9 Å². The first-order valence-corrected chi connectivity index (χ1v) is 9.42. The van der Waals surface area contributed by atoms with E-state index in [1.165, 1.54) is 5.56 Å². The molecule has 1 aromatic heterocycles. The highest BCUT2D eigenvalue weighted by Crippen LogP contribution is 2.34. The number of methoxy groups -OCH3 is 2. The standard InChI is InChI=1S/C22H26N3O3/c1-22(2)19(13-16-9-6-5-7-10-16)24-15-25(23-20(24)14-28-22)21-17(26-3)11-8-12-18(21)27-4/h5-12,15,19H,13-14H2,1-4H3/q+1/t19-/m0/s1. The van der Waals surface area contributed by atoms with Gasteiger partial charge in [0.2, 0.25) is 12.0 Å². The summed E-state index contributed by atoms with van der Waals surface area (Å²) in [4.78, 5) is 0. The number of hydrogen-bond acceptors (Lipinski definition) is 4. The third-order valence-electron chi connectivity index (χ3n) is 5.37. The normalized spacial score (nSPS) is 17.8. The van der Waals surface area contributed by atoms with Gasteiger partial charge in [-0.2, -0.15) is 0 Å². The van der Waals surface area contributed by atoms with Crippen LogP contribution in [0.2, 0.25) is 0 Å². The van der Waals surface area contributed by atoms with E-state index in [4.69, 9.17) is 19.3 Å². The van der Waals surface area contributed by atoms with Crippen LogP contribution in [0.1, 0.15) is 31.3 Å². The van der Waals surface area contributed by atoms with Crippen LogP contribution < -0.4 is 14.0 Å². The van der Waals surface area contributed by atoms with Crippen LogP contribution in [0.5, 0.6) is 11.5 Å². The minimum Gasteiger partial charge on any atom is -0.493 e. The Labute approximate surface area is 165 Å². The topological polar surface area (TPSA) is 49.4 Å². The summed E-state index contributed by atoms with van der Waals surface area (Å²) < 4.78 is 21.3. The van der Waals surface area contributed by atoms with Gasteiger partial charge in [-0.05, 0) is 31.5 Å². The fourth-order valence-corrected chi connectivity index (χ4v) is 3.78. The summed E-state index contributed by atoms with van der Waals surface area (Å²) in [7, 11) is 3.30. The lowest BCUT2D eigenvalue weighted by atomic mass is 9.91. The molecule has 1 atom stereocenters. The second-order valence-electron chi connectivity index (χ2n) is 7.49. The molecule has 1 aliphatic rings. The molecule has 6 nitrogen and oxygen atoms in total. The largest absolute Gasteiger partial charge is 0.493 e. The zero-order valence-corrected chi connectivity index (χ0v) is 16.8. The molecule has 0 N–H and O–H groups in total. The zero-order valence-electron chi connectivity index (χ0n) is 16.8. The van der Waals surface area contributed by atoms with Crippen molar-refractivity contribution in [2.75, 3.05) is 14.2 Å². The first-order chi connectivity index (χ1) is 13.5. The van der Waals surface area contributed by atoms with Crippen molar-refractivity contribution >= 4 is 0 Å². The van der Waals surface area contributed by atoms with Crippen LogP contribution in [0.25, 0.3) is 5.69 Å². The number of para-hydroxylation sites is 1. The number of ether oxygens (including phenoxy) is 3. The molecule has 2 heterocycles. The molecular weight excluding hydrogens is 354 g/mol. The molecule has 0 bridgehead atoms. The molecule has 0 spiro atoms. The van der Waals surface area contributed by atoms with Crippen LogP contribution in [0, 0.1) is 0 Å². The minimum absolute atomic E-state index is 0.119. The molecule has 1 aliphatic heterocycles. The summed E-state index contributed by atoms with van der Waals surface area (Å²) in [5.74, 6) is 2.30. The number of rotatable bonds is 5. The smallest absolute Gasteiger partial charge is 0.304 e. The Bertz CT molecular complexity index is 944. The molecule has 0 unspecified atom stereocenters. The summed E-state index contributed by atoms with van der Waals surface area (Å²) in [6, 6.07) is 16.3. The molecule has 146 valence electrons. The van der Waals surface area contributed by atoms with Gasteiger partial charge in [0.25, 0.3) is 0 Å². The van der Waals surface area contributed by atoms with Crippen LogP contribution in [0.4, 0.5) is 0 Å². The van der Waals surface area contributed by atoms with E-state index < -0.39 is 0 Å². The molecule has 0 fully saturated rings. The monoisotopic (exact) mass is 380 g/mol. The van der Waals surface area contributed by atoms with Gasteiger partial charge in [-0.1, -0.05) is 41.1 Å². The van der Waals surface area contributed by atoms with Crippen molar-refractivity contribution in [2.24, 2.45) is 0 Å². The van der Waals surface area contributed by atoms with E-state index in [-0.39, 0.29) is 11.6 Å². The van der Waals surface area contributed by atoms with Gasteiger partial charge in [0.15, 0.2) is 11.5 Å². The molecule has 6 heteroatoms. The Balaban J connectivity index is 1.79. The fraction of sp³-hybridized carbons (Fsp3) is 0.364. The predicted molar refractivity (Wildman–Crippen MR) is 105 cm³/mol. The second kappa shape index (κ2) is 7.28. The van der Waals surface area contributed by atoms with Crippen molar-refractivity contribution in [3.8, 4) is 17.2 Å². The van der Waals surface area contributed by atoms with Gasteiger partial charge < -0.3 is 14.2 Å². The van der Waals surface area contributed by atoms with Gasteiger partial charge >= 0.3 is 5.82 Å². The molecular formula is C22H26N3O3+. The van der Waals surface area contributed by atoms with Gasteiger partial charge in [-0.25, -0.2) is 4.57 Å². The lowest BCUT2D eigenvalue weighted by Gasteiger charge is -2.36. The Morgan fingerprint density at radius 3 is 2.39 bits per heavy atom. The third-order valence-corrected chi connectivity index (χ3v) is 5.37. The van der Waals surface area contributed by atoms with Gasteiger partial charge in [-0.3, -0.25) is 0 Å². The van der Waals surface area contributed by atoms with Gasteiger partial charge in [0.1, 0.15) is 12.6 Å². The number of hydrogen-bond donors (Lipinski definition) is 0. The minimum atomic E-state index is -0.313. The van der Waals surface area contributed by atoms with Gasteiger partial charge in [0.05, 0.1) is 19.8 Å². The second-order valence-corrected chi connectivity index (χ2v) is 7.49. The molecule has 3 aromatic rings. The molecule has 0 aliphatic carbocycles. The average Bonchev–Trinajstić information content (AvgIpc) is 3.14. The molecule has 2 aromatic carbocycles. The Kier molecular flexibility index (Phi) is 4.81. The molecule has 4 rings (SSSR count). The lowest BCUT2D eigenvalue weighted by Crippen LogP contribution is -2.57. The third kappa shape index (κ3) is 3.24. The maximum absolute atomic E-state index is 6.18. The van der Waals surface area contributed by atoms with Gasteiger partial charge in [0, 0.05) is 11.5 Å². The van der Waals surface area contributed by atoms with E-state index in [1.807, 2.05) is 35.3 Å². The zero-order chi connectivity index (χ0) is 19.7. The van der Waals surface area contributed by atoms with Crippen LogP contribution >= 0.6 is 0 Å². The number of aromatic nitrogens is 3. The summed E-state index contributed by atoms with van der Waals surface area (Å²) in [6.07, 6.45) is 2.88. The predicted octanol–water partition coefficient (Wildman–Crippen LogP) is 3.27. The molecule has 0 radical (unpaired) electrons. The van der Waals surface area contributed by atoms with E-state index >= 15 is 0 Å². The molecule has 0 saturated carbocycles. The Hall–Kier alpha value is -2.86. The van der Waals surface area contributed by atoms with Crippen LogP contribution in [-0.4, -0.2) is 29.6 Å². The highest BCUT2D eigenvalue weighted by atomic mass is 16.5. The Morgan fingerprint density at radius 2 is 1.75 bits per heavy atom. The summed E-state index contributed by atoms with van der Waals surface area (Å²) >= 11 is 0. The maximum Gasteiger partial charge on any atom is 0.304 e. The Morgan fingerprint density at radius 1 is 1.07 bits per heavy atom. The van der Waals surface area contributed by atoms with Crippen LogP contribution in [0.3, 0.4) is 0 Å². The van der Waals surface area contributed by atoms with E-state index in [0.29, 0.717) is 18.1 Å². The van der Waals surface area contributed by atoms with E-state index in [2.05, 4.69) is 42.7 Å². The molecule has 0 saturated heterocycles. The quantitative estimate of drug-likeness (QED) is 0.638. The first kappa shape index (κ1) is 18.5. The van der Waals surface area contributed by atoms with Crippen LogP contribution in [-0.2, 0) is 17.8 Å². The highest BCUT2D eigenvalue weighted by molar-refractivity contribution is 5.56. The van der Waals surface area contributed by atoms with Crippen molar-refractivity contribution in [3.63, 3.8) is 0 Å². The summed E-state index contributed by atoms with van der Waals surface area (Å²) in [5.41, 5.74) is 1.74. The highest BCUT2D eigenvalue weighted by Gasteiger charge is 2.43. The molecule has 28 heavy (non-hydrogen) atoms. The SMILES string of the molecule is COc1cccc(OC)c1-n1c[n+]2c(n1)COC(C)(C)[C@@H]2Cc1ccccc1. The maximum atomic E-state index is 6.18.